The van der Waals surface area contributed by atoms with Gasteiger partial charge in [0.2, 0.25) is 0 Å². The second-order valence-electron chi connectivity index (χ2n) is 15.3. The third kappa shape index (κ3) is 30.1. The van der Waals surface area contributed by atoms with Gasteiger partial charge in [0.1, 0.15) is 12.4 Å². The smallest absolute Gasteiger partial charge is 0.462 e. The molecule has 5 N–H and O–H groups in total. The minimum atomic E-state index is -4.47. The molecule has 60 heavy (non-hydrogen) atoms. The summed E-state index contributed by atoms with van der Waals surface area (Å²) in [6.07, 6.45) is 38.5. The van der Waals surface area contributed by atoms with Crippen molar-refractivity contribution < 1.29 is 52.6 Å². The molecule has 0 spiro atoms. The second kappa shape index (κ2) is 36.7. The van der Waals surface area contributed by atoms with Crippen LogP contribution in [0.25, 0.3) is 0 Å². The Bertz CT molecular complexity index is 1370. The van der Waals surface area contributed by atoms with Crippen LogP contribution < -0.4 is 5.73 Å². The molecule has 1 rings (SSSR count). The number of hydrogen-bond donors (Lipinski definition) is 4. The van der Waals surface area contributed by atoms with Crippen LogP contribution in [0.4, 0.5) is 0 Å². The fourth-order valence-electron chi connectivity index (χ4n) is 6.58. The number of carbonyl (C=O) groups excluding carboxylic acids is 3. The Balaban J connectivity index is 2.42. The first-order valence-electron chi connectivity index (χ1n) is 22.5. The molecule has 1 aliphatic rings. The summed E-state index contributed by atoms with van der Waals surface area (Å²) < 4.78 is 32.7. The lowest BCUT2D eigenvalue weighted by molar-refractivity contribution is -0.161. The Hall–Kier alpha value is -2.96. The van der Waals surface area contributed by atoms with Crippen LogP contribution in [0.5, 0.6) is 0 Å². The zero-order valence-corrected chi connectivity index (χ0v) is 37.5. The molecule has 0 saturated heterocycles. The van der Waals surface area contributed by atoms with Crippen molar-refractivity contribution >= 4 is 25.5 Å². The standard InChI is InChI=1S/C47H78NO11P/c1-3-5-7-8-9-10-11-12-13-14-15-16-17-18-19-20-21-22-27-31-46(52)56-38-41(39-58-60(54,55)57-36-35-48)59-47(53)32-28-24-23-26-30-42-43(45(51)37-44(42)50)34-33-40(49)29-25-6-4-2/h9-10,12-13,15-16,18-19,21-22,33-34,40-44,49-50H,3-8,11,14,17,20,23-32,35-39,48H2,1-2H3,(H,54,55)/b10-9-,13-12-,16-15-,19-18-,22-21-,34-33+/t40-,41+,42+,43+,44-/m0/s1. The van der Waals surface area contributed by atoms with E-state index in [1.165, 1.54) is 25.7 Å². The third-order valence-electron chi connectivity index (χ3n) is 9.99. The van der Waals surface area contributed by atoms with E-state index in [4.69, 9.17) is 24.3 Å². The molecule has 0 heterocycles. The van der Waals surface area contributed by atoms with E-state index in [1.807, 2.05) is 12.2 Å². The molecule has 0 aliphatic heterocycles. The summed E-state index contributed by atoms with van der Waals surface area (Å²) in [5.74, 6) is -1.70. The molecule has 1 fully saturated rings. The maximum absolute atomic E-state index is 12.7. The number of Topliss-reactive ketones (excluding diaryl/α,β-unsaturated/α-hetero) is 1. The number of nitrogens with two attached hydrogens (primary N) is 1. The molecular weight excluding hydrogens is 785 g/mol. The highest BCUT2D eigenvalue weighted by atomic mass is 31.2. The van der Waals surface area contributed by atoms with Gasteiger partial charge in [0.15, 0.2) is 6.10 Å². The number of rotatable bonds is 37. The largest absolute Gasteiger partial charge is 0.472 e. The number of unbranched alkanes of at least 4 members (excludes halogenated alkanes) is 8. The minimum Gasteiger partial charge on any atom is -0.462 e. The van der Waals surface area contributed by atoms with E-state index in [-0.39, 0.29) is 50.7 Å². The topological polar surface area (TPSA) is 192 Å². The van der Waals surface area contributed by atoms with Crippen molar-refractivity contribution in [3.8, 4) is 0 Å². The number of phosphoric ester groups is 1. The Morgan fingerprint density at radius 2 is 1.37 bits per heavy atom. The van der Waals surface area contributed by atoms with Gasteiger partial charge in [-0.1, -0.05) is 138 Å². The third-order valence-corrected chi connectivity index (χ3v) is 11.0. The summed E-state index contributed by atoms with van der Waals surface area (Å²) in [6.45, 7) is 3.22. The molecule has 1 unspecified atom stereocenters. The number of aliphatic hydroxyl groups is 2. The molecule has 13 heteroatoms. The average molecular weight is 864 g/mol. The molecule has 0 radical (unpaired) electrons. The van der Waals surface area contributed by atoms with Gasteiger partial charge in [-0.2, -0.15) is 0 Å². The molecule has 1 saturated carbocycles. The maximum atomic E-state index is 12.7. The normalized spacial score (nSPS) is 19.5. The van der Waals surface area contributed by atoms with Gasteiger partial charge in [-0.15, -0.1) is 0 Å². The predicted octanol–water partition coefficient (Wildman–Crippen LogP) is 9.64. The maximum Gasteiger partial charge on any atom is 0.472 e. The first kappa shape index (κ1) is 55.1. The zero-order chi connectivity index (χ0) is 44.1. The van der Waals surface area contributed by atoms with E-state index in [1.54, 1.807) is 12.2 Å². The first-order chi connectivity index (χ1) is 29.0. The van der Waals surface area contributed by atoms with Crippen molar-refractivity contribution in [2.24, 2.45) is 17.6 Å². The summed E-state index contributed by atoms with van der Waals surface area (Å²) in [6, 6.07) is 0. The van der Waals surface area contributed by atoms with Crippen LogP contribution >= 0.6 is 7.82 Å². The van der Waals surface area contributed by atoms with Crippen molar-refractivity contribution in [2.75, 3.05) is 26.4 Å². The van der Waals surface area contributed by atoms with Crippen LogP contribution in [-0.2, 0) is 37.5 Å². The van der Waals surface area contributed by atoms with E-state index in [9.17, 15) is 34.1 Å². The lowest BCUT2D eigenvalue weighted by Crippen LogP contribution is -2.29. The number of ether oxygens (including phenoxy) is 2. The fraction of sp³-hybridized carbons (Fsp3) is 0.681. The molecule has 1 aliphatic carbocycles. The number of phosphoric acid groups is 1. The van der Waals surface area contributed by atoms with Crippen LogP contribution in [0.15, 0.2) is 72.9 Å². The van der Waals surface area contributed by atoms with Gasteiger partial charge in [0, 0.05) is 31.7 Å². The molecule has 0 bridgehead atoms. The Labute approximate surface area is 361 Å². The molecule has 0 aromatic rings. The van der Waals surface area contributed by atoms with E-state index in [0.717, 1.165) is 57.8 Å². The summed E-state index contributed by atoms with van der Waals surface area (Å²) in [7, 11) is -4.47. The SMILES string of the molecule is CCCCC/C=C\C/C=C\C/C=C\C/C=C\C/C=C\CCC(=O)OC[C@H](COP(=O)(O)OCCN)OC(=O)CCCCCC[C@H]1[C@@H](O)CC(=O)[C@@H]1/C=C/[C@@H](O)CCCCC. The van der Waals surface area contributed by atoms with Gasteiger partial charge < -0.3 is 30.3 Å². The number of allylic oxidation sites excluding steroid dienone is 11. The molecule has 0 aromatic carbocycles. The van der Waals surface area contributed by atoms with Crippen LogP contribution in [0.3, 0.4) is 0 Å². The van der Waals surface area contributed by atoms with Gasteiger partial charge >= 0.3 is 19.8 Å². The first-order valence-corrected chi connectivity index (χ1v) is 24.0. The van der Waals surface area contributed by atoms with E-state index < -0.39 is 50.6 Å². The van der Waals surface area contributed by atoms with Crippen molar-refractivity contribution in [3.63, 3.8) is 0 Å². The highest BCUT2D eigenvalue weighted by Gasteiger charge is 2.39. The number of carbonyl (C=O) groups is 3. The number of hydrogen-bond acceptors (Lipinski definition) is 11. The van der Waals surface area contributed by atoms with Crippen LogP contribution in [0.1, 0.15) is 149 Å². The number of esters is 2. The number of aliphatic hydroxyl groups excluding tert-OH is 2. The van der Waals surface area contributed by atoms with Crippen molar-refractivity contribution in [1.29, 1.82) is 0 Å². The zero-order valence-electron chi connectivity index (χ0n) is 36.6. The van der Waals surface area contributed by atoms with Gasteiger partial charge in [-0.3, -0.25) is 23.4 Å². The molecule has 0 amide bonds. The summed E-state index contributed by atoms with van der Waals surface area (Å²) >= 11 is 0. The monoisotopic (exact) mass is 864 g/mol. The van der Waals surface area contributed by atoms with Crippen LogP contribution in [0, 0.1) is 11.8 Å². The minimum absolute atomic E-state index is 0.00225. The van der Waals surface area contributed by atoms with Gasteiger partial charge in [0.05, 0.1) is 25.4 Å². The van der Waals surface area contributed by atoms with Crippen molar-refractivity contribution in [3.05, 3.63) is 72.9 Å². The molecule has 342 valence electrons. The highest BCUT2D eigenvalue weighted by molar-refractivity contribution is 7.47. The Morgan fingerprint density at radius 3 is 2.00 bits per heavy atom. The highest BCUT2D eigenvalue weighted by Crippen LogP contribution is 2.43. The molecular formula is C47H78NO11P. The van der Waals surface area contributed by atoms with Gasteiger partial charge in [-0.05, 0) is 70.1 Å². The van der Waals surface area contributed by atoms with E-state index in [0.29, 0.717) is 32.1 Å². The lowest BCUT2D eigenvalue weighted by Gasteiger charge is -2.20. The van der Waals surface area contributed by atoms with Crippen LogP contribution in [-0.4, -0.2) is 77.5 Å². The molecule has 0 aromatic heterocycles. The lowest BCUT2D eigenvalue weighted by atomic mass is 9.88. The average Bonchev–Trinajstić information content (AvgIpc) is 3.49. The molecule has 12 nitrogen and oxygen atoms in total. The van der Waals surface area contributed by atoms with Crippen molar-refractivity contribution in [2.45, 2.75) is 167 Å². The number of ketones is 1. The van der Waals surface area contributed by atoms with Crippen molar-refractivity contribution in [1.82, 2.24) is 0 Å². The summed E-state index contributed by atoms with van der Waals surface area (Å²) in [5.41, 5.74) is 5.34. The fourth-order valence-corrected chi connectivity index (χ4v) is 7.34. The van der Waals surface area contributed by atoms with Gasteiger partial charge in [-0.25, -0.2) is 4.57 Å². The van der Waals surface area contributed by atoms with E-state index >= 15 is 0 Å². The van der Waals surface area contributed by atoms with Gasteiger partial charge in [0.25, 0.3) is 0 Å². The van der Waals surface area contributed by atoms with Crippen LogP contribution in [0.2, 0.25) is 0 Å². The Morgan fingerprint density at radius 1 is 0.767 bits per heavy atom. The molecule has 6 atom stereocenters. The van der Waals surface area contributed by atoms with E-state index in [2.05, 4.69) is 62.5 Å². The second-order valence-corrected chi connectivity index (χ2v) is 16.8. The Kier molecular flexibility index (Phi) is 33.7. The summed E-state index contributed by atoms with van der Waals surface area (Å²) in [5, 5.41) is 20.8. The summed E-state index contributed by atoms with van der Waals surface area (Å²) in [4.78, 5) is 47.6. The quantitative estimate of drug-likeness (QED) is 0.0200. The predicted molar refractivity (Wildman–Crippen MR) is 239 cm³/mol.